The van der Waals surface area contributed by atoms with Gasteiger partial charge in [0.1, 0.15) is 18.0 Å². The molecule has 7 nitrogen and oxygen atoms in total. The highest BCUT2D eigenvalue weighted by Crippen LogP contribution is 2.29. The van der Waals surface area contributed by atoms with Crippen molar-refractivity contribution < 1.29 is 4.74 Å². The van der Waals surface area contributed by atoms with Crippen molar-refractivity contribution in [1.82, 2.24) is 19.4 Å². The third kappa shape index (κ3) is 5.53. The standard InChI is InChI=1S/C26H35N5O2/c1-4-30(5-2)15-16-33-23-13-12-21(17-19(23)3)28-26-27-18-20-11-14-24(32)31(25(20)29-26)22-9-7-6-8-10-22/h11-14,17-18,22H,4-10,15-16H2,1-3H3,(H,27,28,29). The molecule has 0 aliphatic heterocycles. The number of likely N-dealkylation sites (N-methyl/N-ethyl adjacent to an activating group) is 1. The Morgan fingerprint density at radius 2 is 1.91 bits per heavy atom. The Balaban J connectivity index is 1.51. The maximum Gasteiger partial charge on any atom is 0.252 e. The maximum atomic E-state index is 12.7. The van der Waals surface area contributed by atoms with Crippen molar-refractivity contribution in [2.75, 3.05) is 31.6 Å². The van der Waals surface area contributed by atoms with Gasteiger partial charge in [0.2, 0.25) is 5.95 Å². The molecule has 0 saturated heterocycles. The number of ether oxygens (including phenoxy) is 1. The van der Waals surface area contributed by atoms with Crippen molar-refractivity contribution in [3.05, 3.63) is 52.4 Å². The van der Waals surface area contributed by atoms with Gasteiger partial charge < -0.3 is 15.0 Å². The summed E-state index contributed by atoms with van der Waals surface area (Å²) in [4.78, 5) is 24.3. The molecule has 1 N–H and O–H groups in total. The molecule has 33 heavy (non-hydrogen) atoms. The number of aryl methyl sites for hydroxylation is 1. The minimum absolute atomic E-state index is 0.0149. The van der Waals surface area contributed by atoms with E-state index in [0.717, 1.165) is 67.7 Å². The van der Waals surface area contributed by atoms with E-state index in [1.807, 2.05) is 35.8 Å². The van der Waals surface area contributed by atoms with Gasteiger partial charge in [-0.25, -0.2) is 4.98 Å². The van der Waals surface area contributed by atoms with Gasteiger partial charge in [0.05, 0.1) is 0 Å². The second-order valence-electron chi connectivity index (χ2n) is 8.79. The highest BCUT2D eigenvalue weighted by molar-refractivity contribution is 5.76. The van der Waals surface area contributed by atoms with Crippen LogP contribution in [0.15, 0.2) is 41.3 Å². The van der Waals surface area contributed by atoms with Gasteiger partial charge in [0.25, 0.3) is 5.56 Å². The molecule has 1 aliphatic carbocycles. The number of nitrogens with one attached hydrogen (secondary N) is 1. The van der Waals surface area contributed by atoms with Crippen LogP contribution in [-0.4, -0.2) is 45.7 Å². The third-order valence-electron chi connectivity index (χ3n) is 6.60. The van der Waals surface area contributed by atoms with Crippen LogP contribution in [0.5, 0.6) is 5.75 Å². The van der Waals surface area contributed by atoms with Crippen LogP contribution in [0.3, 0.4) is 0 Å². The summed E-state index contributed by atoms with van der Waals surface area (Å²) >= 11 is 0. The molecule has 2 heterocycles. The van der Waals surface area contributed by atoms with Crippen LogP contribution in [-0.2, 0) is 0 Å². The minimum Gasteiger partial charge on any atom is -0.492 e. The van der Waals surface area contributed by atoms with Crippen molar-refractivity contribution in [1.29, 1.82) is 0 Å². The second kappa shape index (κ2) is 10.8. The molecule has 1 aliphatic rings. The second-order valence-corrected chi connectivity index (χ2v) is 8.79. The molecule has 0 amide bonds. The van der Waals surface area contributed by atoms with Crippen LogP contribution in [0.4, 0.5) is 11.6 Å². The molecule has 0 unspecified atom stereocenters. The summed E-state index contributed by atoms with van der Waals surface area (Å²) in [6.07, 6.45) is 7.41. The molecule has 0 radical (unpaired) electrons. The monoisotopic (exact) mass is 449 g/mol. The van der Waals surface area contributed by atoms with E-state index < -0.39 is 0 Å². The molecular formula is C26H35N5O2. The van der Waals surface area contributed by atoms with E-state index in [4.69, 9.17) is 9.72 Å². The maximum absolute atomic E-state index is 12.7. The van der Waals surface area contributed by atoms with Crippen LogP contribution in [0.25, 0.3) is 11.0 Å². The van der Waals surface area contributed by atoms with Crippen molar-refractivity contribution in [3.63, 3.8) is 0 Å². The first-order valence-electron chi connectivity index (χ1n) is 12.2. The highest BCUT2D eigenvalue weighted by atomic mass is 16.5. The summed E-state index contributed by atoms with van der Waals surface area (Å²) in [7, 11) is 0. The number of fused-ring (bicyclic) bond motifs is 1. The fraction of sp³-hybridized carbons (Fsp3) is 0.500. The average Bonchev–Trinajstić information content (AvgIpc) is 2.83. The first-order valence-corrected chi connectivity index (χ1v) is 12.2. The lowest BCUT2D eigenvalue weighted by Crippen LogP contribution is -2.28. The molecule has 1 fully saturated rings. The van der Waals surface area contributed by atoms with Crippen molar-refractivity contribution in [2.24, 2.45) is 0 Å². The fourth-order valence-electron chi connectivity index (χ4n) is 4.63. The number of nitrogens with zero attached hydrogens (tertiary/aromatic N) is 4. The summed E-state index contributed by atoms with van der Waals surface area (Å²) in [5, 5.41) is 4.19. The summed E-state index contributed by atoms with van der Waals surface area (Å²) in [5.41, 5.74) is 2.67. The lowest BCUT2D eigenvalue weighted by atomic mass is 9.95. The van der Waals surface area contributed by atoms with Gasteiger partial charge >= 0.3 is 0 Å². The number of rotatable bonds is 9. The Morgan fingerprint density at radius 3 is 2.64 bits per heavy atom. The SMILES string of the molecule is CCN(CC)CCOc1ccc(Nc2ncc3ccc(=O)n(C4CCCCC4)c3n2)cc1C. The molecular weight excluding hydrogens is 414 g/mol. The van der Waals surface area contributed by atoms with E-state index >= 15 is 0 Å². The van der Waals surface area contributed by atoms with Gasteiger partial charge in [-0.15, -0.1) is 0 Å². The number of benzene rings is 1. The molecule has 2 aromatic heterocycles. The summed E-state index contributed by atoms with van der Waals surface area (Å²) < 4.78 is 7.87. The Kier molecular flexibility index (Phi) is 7.60. The molecule has 7 heteroatoms. The van der Waals surface area contributed by atoms with Crippen molar-refractivity contribution >= 4 is 22.7 Å². The van der Waals surface area contributed by atoms with Crippen molar-refractivity contribution in [2.45, 2.75) is 58.9 Å². The minimum atomic E-state index is 0.0149. The van der Waals surface area contributed by atoms with Gasteiger partial charge in [-0.3, -0.25) is 9.36 Å². The van der Waals surface area contributed by atoms with Crippen LogP contribution < -0.4 is 15.6 Å². The Hall–Kier alpha value is -2.93. The van der Waals surface area contributed by atoms with E-state index in [0.29, 0.717) is 18.2 Å². The predicted molar refractivity (Wildman–Crippen MR) is 134 cm³/mol. The molecule has 176 valence electrons. The lowest BCUT2D eigenvalue weighted by Gasteiger charge is -2.25. The summed E-state index contributed by atoms with van der Waals surface area (Å²) in [6, 6.07) is 9.67. The Morgan fingerprint density at radius 1 is 1.12 bits per heavy atom. The number of hydrogen-bond donors (Lipinski definition) is 1. The first kappa shape index (κ1) is 23.2. The van der Waals surface area contributed by atoms with Gasteiger partial charge in [-0.1, -0.05) is 33.1 Å². The van der Waals surface area contributed by atoms with E-state index in [-0.39, 0.29) is 11.6 Å². The van der Waals surface area contributed by atoms with Crippen LogP contribution in [0.1, 0.15) is 57.6 Å². The Labute approximate surface area is 195 Å². The van der Waals surface area contributed by atoms with Gasteiger partial charge in [0, 0.05) is 35.9 Å². The van der Waals surface area contributed by atoms with E-state index in [1.54, 1.807) is 12.3 Å². The fourth-order valence-corrected chi connectivity index (χ4v) is 4.63. The smallest absolute Gasteiger partial charge is 0.252 e. The van der Waals surface area contributed by atoms with Crippen LogP contribution in [0, 0.1) is 6.92 Å². The van der Waals surface area contributed by atoms with Gasteiger partial charge in [-0.05, 0) is 62.7 Å². The summed E-state index contributed by atoms with van der Waals surface area (Å²) in [6.45, 7) is 10.0. The topological polar surface area (TPSA) is 72.3 Å². The predicted octanol–water partition coefficient (Wildman–Crippen LogP) is 5.07. The quantitative estimate of drug-likeness (QED) is 0.492. The van der Waals surface area contributed by atoms with Gasteiger partial charge in [-0.2, -0.15) is 4.98 Å². The molecule has 0 bridgehead atoms. The molecule has 1 aromatic carbocycles. The number of pyridine rings is 1. The van der Waals surface area contributed by atoms with Gasteiger partial charge in [0.15, 0.2) is 0 Å². The highest BCUT2D eigenvalue weighted by Gasteiger charge is 2.19. The summed E-state index contributed by atoms with van der Waals surface area (Å²) in [5.74, 6) is 1.38. The number of aromatic nitrogens is 3. The van der Waals surface area contributed by atoms with E-state index in [1.165, 1.54) is 6.42 Å². The molecule has 3 aromatic rings. The Bertz CT molecular complexity index is 1130. The average molecular weight is 450 g/mol. The van der Waals surface area contributed by atoms with Crippen molar-refractivity contribution in [3.8, 4) is 5.75 Å². The normalized spacial score (nSPS) is 14.7. The van der Waals surface area contributed by atoms with E-state index in [2.05, 4.69) is 29.0 Å². The van der Waals surface area contributed by atoms with E-state index in [9.17, 15) is 4.79 Å². The number of hydrogen-bond acceptors (Lipinski definition) is 6. The van der Waals surface area contributed by atoms with Crippen LogP contribution >= 0.6 is 0 Å². The molecule has 0 spiro atoms. The van der Waals surface area contributed by atoms with Crippen LogP contribution in [0.2, 0.25) is 0 Å². The third-order valence-corrected chi connectivity index (χ3v) is 6.60. The number of anilines is 2. The zero-order chi connectivity index (χ0) is 23.2. The molecule has 1 saturated carbocycles. The molecule has 4 rings (SSSR count). The largest absolute Gasteiger partial charge is 0.492 e. The first-order chi connectivity index (χ1) is 16.1. The lowest BCUT2D eigenvalue weighted by molar-refractivity contribution is 0.222. The molecule has 0 atom stereocenters. The zero-order valence-electron chi connectivity index (χ0n) is 20.0. The zero-order valence-corrected chi connectivity index (χ0v) is 20.0.